The normalized spacial score (nSPS) is 11.7. The molecule has 0 atom stereocenters. The lowest BCUT2D eigenvalue weighted by atomic mass is 10.0. The maximum atomic E-state index is 13.8. The van der Waals surface area contributed by atoms with Gasteiger partial charge in [0.15, 0.2) is 0 Å². The summed E-state index contributed by atoms with van der Waals surface area (Å²) in [6.45, 7) is 0. The van der Waals surface area contributed by atoms with Crippen LogP contribution in [-0.2, 0) is 6.18 Å². The molecule has 212 valence electrons. The highest BCUT2D eigenvalue weighted by Crippen LogP contribution is 2.39. The first-order chi connectivity index (χ1) is 20.0. The van der Waals surface area contributed by atoms with E-state index >= 15 is 0 Å². The molecule has 0 aliphatic heterocycles. The zero-order valence-electron chi connectivity index (χ0n) is 21.1. The number of carbonyl (C=O) groups excluding carboxylic acids is 2. The van der Waals surface area contributed by atoms with Gasteiger partial charge in [-0.1, -0.05) is 81.6 Å². The summed E-state index contributed by atoms with van der Waals surface area (Å²) in [5, 5.41) is 4.67. The predicted molar refractivity (Wildman–Crippen MR) is 159 cm³/mol. The number of ether oxygens (including phenoxy) is 1. The first kappa shape index (κ1) is 29.4. The van der Waals surface area contributed by atoms with E-state index in [1.54, 1.807) is 42.5 Å². The molecule has 12 heteroatoms. The van der Waals surface area contributed by atoms with Crippen molar-refractivity contribution in [2.45, 2.75) is 6.18 Å². The largest absolute Gasteiger partial charge is 0.422 e. The van der Waals surface area contributed by atoms with Crippen LogP contribution in [0.5, 0.6) is 5.75 Å². The van der Waals surface area contributed by atoms with Gasteiger partial charge < -0.3 is 9.72 Å². The van der Waals surface area contributed by atoms with Crippen LogP contribution in [0.3, 0.4) is 0 Å². The summed E-state index contributed by atoms with van der Waals surface area (Å²) >= 11 is 15.4. The van der Waals surface area contributed by atoms with E-state index in [-0.39, 0.29) is 32.9 Å². The van der Waals surface area contributed by atoms with Crippen LogP contribution in [0, 0.1) is 0 Å². The Hall–Kier alpha value is -4.12. The monoisotopic (exact) mass is 673 g/mol. The van der Waals surface area contributed by atoms with Crippen molar-refractivity contribution >= 4 is 68.1 Å². The number of carbonyl (C=O) groups is 2. The second-order valence-electron chi connectivity index (χ2n) is 8.86. The molecule has 0 fully saturated rings. The van der Waals surface area contributed by atoms with Crippen molar-refractivity contribution in [2.75, 3.05) is 0 Å². The molecule has 0 aliphatic carbocycles. The summed E-state index contributed by atoms with van der Waals surface area (Å²) in [6, 6.07) is 21.4. The Morgan fingerprint density at radius 1 is 0.952 bits per heavy atom. The van der Waals surface area contributed by atoms with Crippen molar-refractivity contribution in [3.63, 3.8) is 0 Å². The second kappa shape index (κ2) is 12.0. The fourth-order valence-electron chi connectivity index (χ4n) is 4.27. The van der Waals surface area contributed by atoms with Crippen molar-refractivity contribution < 1.29 is 27.5 Å². The molecule has 6 nitrogen and oxygen atoms in total. The van der Waals surface area contributed by atoms with Crippen molar-refractivity contribution in [1.82, 2.24) is 10.4 Å². The van der Waals surface area contributed by atoms with E-state index in [0.29, 0.717) is 26.2 Å². The van der Waals surface area contributed by atoms with Crippen LogP contribution in [0.2, 0.25) is 10.0 Å². The molecule has 1 amide bonds. The molecule has 0 radical (unpaired) electrons. The van der Waals surface area contributed by atoms with Gasteiger partial charge in [0, 0.05) is 26.0 Å². The van der Waals surface area contributed by atoms with Crippen LogP contribution in [0.1, 0.15) is 32.0 Å². The summed E-state index contributed by atoms with van der Waals surface area (Å²) in [5.41, 5.74) is 2.35. The average molecular weight is 675 g/mol. The third-order valence-electron chi connectivity index (χ3n) is 6.12. The predicted octanol–water partition coefficient (Wildman–Crippen LogP) is 8.91. The fourth-order valence-corrected chi connectivity index (χ4v) is 5.13. The van der Waals surface area contributed by atoms with Gasteiger partial charge in [-0.15, -0.1) is 0 Å². The van der Waals surface area contributed by atoms with E-state index < -0.39 is 23.6 Å². The zero-order valence-corrected chi connectivity index (χ0v) is 24.2. The molecule has 0 aliphatic rings. The van der Waals surface area contributed by atoms with E-state index in [1.165, 1.54) is 42.6 Å². The van der Waals surface area contributed by atoms with Gasteiger partial charge in [0.2, 0.25) is 0 Å². The molecule has 4 aromatic carbocycles. The van der Waals surface area contributed by atoms with Crippen molar-refractivity contribution in [3.05, 3.63) is 122 Å². The number of aromatic nitrogens is 1. The Labute approximate surface area is 255 Å². The average Bonchev–Trinajstić information content (AvgIpc) is 3.34. The number of nitrogens with zero attached hydrogens (tertiary/aromatic N) is 1. The summed E-state index contributed by atoms with van der Waals surface area (Å²) in [7, 11) is 0. The van der Waals surface area contributed by atoms with Gasteiger partial charge in [0.25, 0.3) is 5.91 Å². The lowest BCUT2D eigenvalue weighted by Gasteiger charge is -2.09. The second-order valence-corrected chi connectivity index (χ2v) is 10.6. The number of hydrazone groups is 1. The number of hydrogen-bond donors (Lipinski definition) is 2. The Kier molecular flexibility index (Phi) is 8.40. The van der Waals surface area contributed by atoms with Gasteiger partial charge >= 0.3 is 12.1 Å². The number of amides is 1. The van der Waals surface area contributed by atoms with E-state index in [2.05, 4.69) is 31.4 Å². The number of H-pyrrole nitrogens is 1. The molecule has 5 aromatic rings. The minimum absolute atomic E-state index is 0.0886. The molecule has 0 saturated heterocycles. The highest BCUT2D eigenvalue weighted by molar-refractivity contribution is 9.10. The lowest BCUT2D eigenvalue weighted by Crippen LogP contribution is -2.19. The van der Waals surface area contributed by atoms with E-state index in [4.69, 9.17) is 27.9 Å². The van der Waals surface area contributed by atoms with Crippen LogP contribution in [-0.4, -0.2) is 23.1 Å². The fraction of sp³-hybridized carbons (Fsp3) is 0.0333. The molecular formula is C30H17BrCl2F3N3O3. The highest BCUT2D eigenvalue weighted by atomic mass is 79.9. The van der Waals surface area contributed by atoms with Gasteiger partial charge in [-0.05, 0) is 48.0 Å². The molecule has 1 heterocycles. The van der Waals surface area contributed by atoms with Gasteiger partial charge in [-0.3, -0.25) is 4.79 Å². The Morgan fingerprint density at radius 2 is 1.71 bits per heavy atom. The number of esters is 1. The smallest absolute Gasteiger partial charge is 0.418 e. The summed E-state index contributed by atoms with van der Waals surface area (Å²) in [6.07, 6.45) is -3.41. The highest BCUT2D eigenvalue weighted by Gasteiger charge is 2.34. The van der Waals surface area contributed by atoms with Gasteiger partial charge in [0.05, 0.1) is 27.9 Å². The van der Waals surface area contributed by atoms with Crippen LogP contribution in [0.4, 0.5) is 13.2 Å². The minimum Gasteiger partial charge on any atom is -0.422 e. The van der Waals surface area contributed by atoms with Gasteiger partial charge in [-0.2, -0.15) is 18.3 Å². The molecular weight excluding hydrogens is 658 g/mol. The zero-order chi connectivity index (χ0) is 30.0. The molecule has 42 heavy (non-hydrogen) atoms. The third-order valence-corrected chi connectivity index (χ3v) is 7.17. The Bertz CT molecular complexity index is 1860. The number of aromatic amines is 1. The number of alkyl halides is 3. The standard InChI is InChI=1S/C30H17BrCl2F3N3O3/c31-18-9-12-24(42-29(41)20-11-10-19(32)14-23(20)33)17(13-18)15-37-39-28(40)27-25(16-5-2-1-3-6-16)21-7-4-8-22(26(21)38-27)30(34,35)36/h1-15,38H,(H,39,40). The number of nitrogens with one attached hydrogen (secondary N) is 2. The maximum absolute atomic E-state index is 13.8. The number of rotatable bonds is 6. The molecule has 2 N–H and O–H groups in total. The van der Waals surface area contributed by atoms with Crippen LogP contribution >= 0.6 is 39.1 Å². The molecule has 0 saturated carbocycles. The first-order valence-corrected chi connectivity index (χ1v) is 13.7. The van der Waals surface area contributed by atoms with Crippen molar-refractivity contribution in [1.29, 1.82) is 0 Å². The van der Waals surface area contributed by atoms with Gasteiger partial charge in [-0.25, -0.2) is 10.2 Å². The number of fused-ring (bicyclic) bond motifs is 1. The number of halogens is 6. The van der Waals surface area contributed by atoms with Crippen LogP contribution in [0.25, 0.3) is 22.0 Å². The molecule has 0 unspecified atom stereocenters. The summed E-state index contributed by atoms with van der Waals surface area (Å²) in [4.78, 5) is 28.7. The topological polar surface area (TPSA) is 83.5 Å². The van der Waals surface area contributed by atoms with Gasteiger partial charge in [0.1, 0.15) is 11.4 Å². The number of benzene rings is 4. The number of hydrogen-bond acceptors (Lipinski definition) is 4. The number of para-hydroxylation sites is 1. The lowest BCUT2D eigenvalue weighted by molar-refractivity contribution is -0.136. The summed E-state index contributed by atoms with van der Waals surface area (Å²) < 4.78 is 47.4. The Balaban J connectivity index is 1.46. The van der Waals surface area contributed by atoms with E-state index in [9.17, 15) is 22.8 Å². The van der Waals surface area contributed by atoms with Crippen molar-refractivity contribution in [3.8, 4) is 16.9 Å². The summed E-state index contributed by atoms with van der Waals surface area (Å²) in [5.74, 6) is -1.42. The van der Waals surface area contributed by atoms with E-state index in [0.717, 1.165) is 6.07 Å². The first-order valence-electron chi connectivity index (χ1n) is 12.1. The SMILES string of the molecule is O=C(Oc1ccc(Br)cc1C=NNC(=O)c1[nH]c2c(C(F)(F)F)cccc2c1-c1ccccc1)c1ccc(Cl)cc1Cl. The van der Waals surface area contributed by atoms with E-state index in [1.807, 2.05) is 0 Å². The maximum Gasteiger partial charge on any atom is 0.418 e. The molecule has 0 spiro atoms. The Morgan fingerprint density at radius 3 is 2.43 bits per heavy atom. The third kappa shape index (κ3) is 6.20. The van der Waals surface area contributed by atoms with Crippen LogP contribution in [0.15, 0.2) is 94.5 Å². The molecule has 1 aromatic heterocycles. The molecule has 5 rings (SSSR count). The minimum atomic E-state index is -4.64. The molecule has 0 bridgehead atoms. The quantitative estimate of drug-likeness (QED) is 0.0817. The van der Waals surface area contributed by atoms with Crippen molar-refractivity contribution in [2.24, 2.45) is 5.10 Å². The van der Waals surface area contributed by atoms with Crippen LogP contribution < -0.4 is 10.2 Å².